The molecule has 1 aromatic rings. The normalized spacial score (nSPS) is 9.64. The van der Waals surface area contributed by atoms with E-state index < -0.39 is 0 Å². The van der Waals surface area contributed by atoms with E-state index in [-0.39, 0.29) is 28.7 Å². The molecule has 0 saturated carbocycles. The van der Waals surface area contributed by atoms with E-state index >= 15 is 0 Å². The molecule has 0 unspecified atom stereocenters. The third-order valence-corrected chi connectivity index (χ3v) is 1.76. The van der Waals surface area contributed by atoms with Gasteiger partial charge in [0.05, 0.1) is 21.3 Å². The summed E-state index contributed by atoms with van der Waals surface area (Å²) in [5, 5.41) is 18.8. The number of hydrogen-bond acceptors (Lipinski definition) is 5. The number of aromatic hydroxyl groups is 2. The van der Waals surface area contributed by atoms with Crippen LogP contribution in [0.1, 0.15) is 0 Å². The number of rotatable bonds is 3. The van der Waals surface area contributed by atoms with E-state index in [1.54, 1.807) is 0 Å². The SMILES string of the molecule is COc1c(O)cc(O)c(OC)c1OC. The molecule has 5 heteroatoms. The molecule has 0 bridgehead atoms. The Kier molecular flexibility index (Phi) is 2.91. The molecule has 0 aliphatic rings. The first-order valence-electron chi connectivity index (χ1n) is 3.86. The first-order valence-corrected chi connectivity index (χ1v) is 3.86. The lowest BCUT2D eigenvalue weighted by molar-refractivity contribution is 0.298. The van der Waals surface area contributed by atoms with E-state index in [0.717, 1.165) is 6.07 Å². The third kappa shape index (κ3) is 1.48. The Morgan fingerprint density at radius 2 is 1.14 bits per heavy atom. The Morgan fingerprint density at radius 1 is 0.786 bits per heavy atom. The van der Waals surface area contributed by atoms with Crippen LogP contribution in [0.4, 0.5) is 0 Å². The van der Waals surface area contributed by atoms with E-state index in [2.05, 4.69) is 0 Å². The van der Waals surface area contributed by atoms with Crippen LogP contribution in [0.25, 0.3) is 0 Å². The third-order valence-electron chi connectivity index (χ3n) is 1.76. The Bertz CT molecular complexity index is 306. The lowest BCUT2D eigenvalue weighted by Crippen LogP contribution is -1.95. The molecule has 1 aromatic carbocycles. The predicted molar refractivity (Wildman–Crippen MR) is 49.4 cm³/mol. The van der Waals surface area contributed by atoms with Gasteiger partial charge in [-0.15, -0.1) is 0 Å². The molecular formula is C9H12O5. The molecule has 0 spiro atoms. The number of benzene rings is 1. The van der Waals surface area contributed by atoms with Crippen LogP contribution in [-0.4, -0.2) is 31.5 Å². The molecule has 0 heterocycles. The standard InChI is InChI=1S/C9H12O5/c1-12-7-5(10)4-6(11)8(13-2)9(7)14-3/h4,10-11H,1-3H3. The number of ether oxygens (including phenoxy) is 3. The maximum Gasteiger partial charge on any atom is 0.211 e. The summed E-state index contributed by atoms with van der Waals surface area (Å²) < 4.78 is 14.7. The predicted octanol–water partition coefficient (Wildman–Crippen LogP) is 1.12. The monoisotopic (exact) mass is 200 g/mol. The van der Waals surface area contributed by atoms with Gasteiger partial charge < -0.3 is 24.4 Å². The highest BCUT2D eigenvalue weighted by Crippen LogP contribution is 2.48. The van der Waals surface area contributed by atoms with Crippen molar-refractivity contribution in [1.82, 2.24) is 0 Å². The minimum absolute atomic E-state index is 0.127. The first kappa shape index (κ1) is 10.3. The van der Waals surface area contributed by atoms with Gasteiger partial charge in [0, 0.05) is 6.07 Å². The Morgan fingerprint density at radius 3 is 1.43 bits per heavy atom. The molecule has 78 valence electrons. The van der Waals surface area contributed by atoms with Gasteiger partial charge in [-0.2, -0.15) is 0 Å². The fourth-order valence-electron chi connectivity index (χ4n) is 1.18. The van der Waals surface area contributed by atoms with E-state index in [1.807, 2.05) is 0 Å². The number of phenols is 2. The lowest BCUT2D eigenvalue weighted by atomic mass is 10.2. The smallest absolute Gasteiger partial charge is 0.211 e. The maximum atomic E-state index is 9.40. The van der Waals surface area contributed by atoms with Crippen LogP contribution in [0.2, 0.25) is 0 Å². The van der Waals surface area contributed by atoms with Crippen molar-refractivity contribution in [3.05, 3.63) is 6.07 Å². The van der Waals surface area contributed by atoms with Gasteiger partial charge in [-0.25, -0.2) is 0 Å². The van der Waals surface area contributed by atoms with Gasteiger partial charge >= 0.3 is 0 Å². The number of phenolic OH excluding ortho intramolecular Hbond substituents is 2. The summed E-state index contributed by atoms with van der Waals surface area (Å²) in [7, 11) is 4.15. The Labute approximate surface area is 81.5 Å². The van der Waals surface area contributed by atoms with Crippen LogP contribution < -0.4 is 14.2 Å². The summed E-state index contributed by atoms with van der Waals surface area (Å²) in [6.07, 6.45) is 0. The molecule has 0 aliphatic carbocycles. The van der Waals surface area contributed by atoms with Gasteiger partial charge in [0.15, 0.2) is 11.5 Å². The number of hydrogen-bond donors (Lipinski definition) is 2. The van der Waals surface area contributed by atoms with Crippen molar-refractivity contribution in [3.63, 3.8) is 0 Å². The fourth-order valence-corrected chi connectivity index (χ4v) is 1.18. The molecule has 0 aromatic heterocycles. The summed E-state index contributed by atoms with van der Waals surface area (Å²) in [4.78, 5) is 0. The van der Waals surface area contributed by atoms with E-state index in [1.165, 1.54) is 21.3 Å². The molecule has 2 N–H and O–H groups in total. The van der Waals surface area contributed by atoms with Gasteiger partial charge in [-0.3, -0.25) is 0 Å². The van der Waals surface area contributed by atoms with E-state index in [0.29, 0.717) is 0 Å². The zero-order valence-corrected chi connectivity index (χ0v) is 8.20. The van der Waals surface area contributed by atoms with Crippen LogP contribution in [-0.2, 0) is 0 Å². The molecule has 14 heavy (non-hydrogen) atoms. The molecule has 0 aliphatic heterocycles. The quantitative estimate of drug-likeness (QED) is 0.765. The summed E-state index contributed by atoms with van der Waals surface area (Å²) in [5.74, 6) is 0.00194. The second kappa shape index (κ2) is 3.95. The average molecular weight is 200 g/mol. The van der Waals surface area contributed by atoms with Gasteiger partial charge in [-0.05, 0) is 0 Å². The van der Waals surface area contributed by atoms with Gasteiger partial charge in [0.2, 0.25) is 17.2 Å². The van der Waals surface area contributed by atoms with E-state index in [4.69, 9.17) is 14.2 Å². The van der Waals surface area contributed by atoms with Crippen LogP contribution in [0.15, 0.2) is 6.07 Å². The van der Waals surface area contributed by atoms with Crippen LogP contribution in [0.5, 0.6) is 28.7 Å². The number of methoxy groups -OCH3 is 3. The molecule has 0 fully saturated rings. The second-order valence-corrected chi connectivity index (χ2v) is 2.51. The van der Waals surface area contributed by atoms with Crippen molar-refractivity contribution < 1.29 is 24.4 Å². The van der Waals surface area contributed by atoms with Gasteiger partial charge in [-0.1, -0.05) is 0 Å². The molecule has 0 radical (unpaired) electrons. The summed E-state index contributed by atoms with van der Waals surface area (Å²) in [6.45, 7) is 0. The fraction of sp³-hybridized carbons (Fsp3) is 0.333. The molecular weight excluding hydrogens is 188 g/mol. The Balaban J connectivity index is 3.43. The Hall–Kier alpha value is -1.78. The minimum Gasteiger partial charge on any atom is -0.504 e. The minimum atomic E-state index is -0.206. The lowest BCUT2D eigenvalue weighted by Gasteiger charge is -2.13. The van der Waals surface area contributed by atoms with Crippen LogP contribution >= 0.6 is 0 Å². The van der Waals surface area contributed by atoms with Crippen molar-refractivity contribution in [2.75, 3.05) is 21.3 Å². The summed E-state index contributed by atoms with van der Waals surface area (Å²) >= 11 is 0. The van der Waals surface area contributed by atoms with Crippen LogP contribution in [0, 0.1) is 0 Å². The zero-order valence-electron chi connectivity index (χ0n) is 8.20. The largest absolute Gasteiger partial charge is 0.504 e. The van der Waals surface area contributed by atoms with Crippen molar-refractivity contribution >= 4 is 0 Å². The topological polar surface area (TPSA) is 68.2 Å². The highest BCUT2D eigenvalue weighted by atomic mass is 16.5. The molecule has 0 amide bonds. The van der Waals surface area contributed by atoms with Crippen molar-refractivity contribution in [2.24, 2.45) is 0 Å². The zero-order chi connectivity index (χ0) is 10.7. The maximum absolute atomic E-state index is 9.40. The van der Waals surface area contributed by atoms with Crippen LogP contribution in [0.3, 0.4) is 0 Å². The highest BCUT2D eigenvalue weighted by molar-refractivity contribution is 5.64. The molecule has 0 atom stereocenters. The van der Waals surface area contributed by atoms with Gasteiger partial charge in [0.1, 0.15) is 0 Å². The van der Waals surface area contributed by atoms with Crippen molar-refractivity contribution in [3.8, 4) is 28.7 Å². The summed E-state index contributed by atoms with van der Waals surface area (Å²) in [6, 6.07) is 1.13. The van der Waals surface area contributed by atoms with E-state index in [9.17, 15) is 10.2 Å². The molecule has 0 saturated heterocycles. The van der Waals surface area contributed by atoms with Crippen molar-refractivity contribution in [2.45, 2.75) is 0 Å². The molecule has 5 nitrogen and oxygen atoms in total. The van der Waals surface area contributed by atoms with Crippen molar-refractivity contribution in [1.29, 1.82) is 0 Å². The van der Waals surface area contributed by atoms with Gasteiger partial charge in [0.25, 0.3) is 0 Å². The summed E-state index contributed by atoms with van der Waals surface area (Å²) in [5.41, 5.74) is 0. The average Bonchev–Trinajstić information content (AvgIpc) is 2.16. The highest BCUT2D eigenvalue weighted by Gasteiger charge is 2.19. The second-order valence-electron chi connectivity index (χ2n) is 2.51. The first-order chi connectivity index (χ1) is 6.65. The molecule has 1 rings (SSSR count).